The number of nitrogens with two attached hydrogens (primary N) is 2. The minimum Gasteiger partial charge on any atom is -0.381 e. The number of aromatic nitrogens is 4. The van der Waals surface area contributed by atoms with Gasteiger partial charge in [-0.3, -0.25) is 5.10 Å². The third-order valence-corrected chi connectivity index (χ3v) is 2.75. The molecule has 1 aliphatic carbocycles. The van der Waals surface area contributed by atoms with Gasteiger partial charge in [0.2, 0.25) is 5.95 Å². The molecule has 3 rings (SSSR count). The third kappa shape index (κ3) is 1.69. The van der Waals surface area contributed by atoms with Crippen LogP contribution in [-0.4, -0.2) is 20.2 Å². The molecule has 0 bridgehead atoms. The molecule has 1 saturated carbocycles. The first-order valence-electron chi connectivity index (χ1n) is 5.29. The molecule has 17 heavy (non-hydrogen) atoms. The highest BCUT2D eigenvalue weighted by Gasteiger charge is 2.26. The van der Waals surface area contributed by atoms with Gasteiger partial charge in [0.15, 0.2) is 11.6 Å². The van der Waals surface area contributed by atoms with Gasteiger partial charge in [0.1, 0.15) is 11.4 Å². The number of rotatable bonds is 2. The molecule has 0 unspecified atom stereocenters. The van der Waals surface area contributed by atoms with Gasteiger partial charge in [0, 0.05) is 11.6 Å². The average Bonchev–Trinajstić information content (AvgIpc) is 3.02. The van der Waals surface area contributed by atoms with Crippen molar-refractivity contribution in [3.8, 4) is 11.4 Å². The number of halogens is 1. The van der Waals surface area contributed by atoms with Crippen LogP contribution in [0.3, 0.4) is 0 Å². The van der Waals surface area contributed by atoms with Crippen LogP contribution in [0.25, 0.3) is 11.4 Å². The van der Waals surface area contributed by atoms with E-state index < -0.39 is 5.82 Å². The molecule has 0 radical (unpaired) electrons. The largest absolute Gasteiger partial charge is 0.381 e. The molecule has 0 amide bonds. The van der Waals surface area contributed by atoms with E-state index in [1.165, 1.54) is 0 Å². The van der Waals surface area contributed by atoms with Crippen molar-refractivity contribution in [2.24, 2.45) is 0 Å². The van der Waals surface area contributed by atoms with Crippen LogP contribution >= 0.6 is 0 Å². The van der Waals surface area contributed by atoms with E-state index in [1.807, 2.05) is 0 Å². The molecule has 88 valence electrons. The molecule has 2 aromatic rings. The molecule has 1 aliphatic rings. The van der Waals surface area contributed by atoms with Crippen molar-refractivity contribution < 1.29 is 4.39 Å². The Labute approximate surface area is 96.3 Å². The summed E-state index contributed by atoms with van der Waals surface area (Å²) < 4.78 is 13.7. The predicted molar refractivity (Wildman–Crippen MR) is 60.4 cm³/mol. The van der Waals surface area contributed by atoms with Crippen LogP contribution < -0.4 is 11.5 Å². The number of nitrogen functional groups attached to an aromatic ring is 2. The quantitative estimate of drug-likeness (QED) is 0.720. The topological polar surface area (TPSA) is 106 Å². The molecule has 2 aromatic heterocycles. The number of hydrogen-bond acceptors (Lipinski definition) is 5. The van der Waals surface area contributed by atoms with Crippen molar-refractivity contribution in [2.75, 3.05) is 11.5 Å². The number of nitrogens with zero attached hydrogens (tertiary/aromatic N) is 3. The van der Waals surface area contributed by atoms with E-state index in [2.05, 4.69) is 20.2 Å². The molecule has 7 heteroatoms. The minimum atomic E-state index is -0.687. The summed E-state index contributed by atoms with van der Waals surface area (Å²) in [5, 5.41) is 6.90. The summed E-state index contributed by atoms with van der Waals surface area (Å²) in [6.07, 6.45) is 2.27. The molecule has 0 spiro atoms. The van der Waals surface area contributed by atoms with Crippen LogP contribution in [0.1, 0.15) is 24.5 Å². The summed E-state index contributed by atoms with van der Waals surface area (Å²) in [5.74, 6) is -0.498. The smallest absolute Gasteiger partial charge is 0.222 e. The molecular weight excluding hydrogens is 223 g/mol. The predicted octanol–water partition coefficient (Wildman–Crippen LogP) is 1.05. The summed E-state index contributed by atoms with van der Waals surface area (Å²) in [7, 11) is 0. The first-order valence-corrected chi connectivity index (χ1v) is 5.29. The van der Waals surface area contributed by atoms with E-state index in [-0.39, 0.29) is 17.5 Å². The van der Waals surface area contributed by atoms with E-state index in [1.54, 1.807) is 6.07 Å². The monoisotopic (exact) mass is 234 g/mol. The van der Waals surface area contributed by atoms with Gasteiger partial charge in [-0.25, -0.2) is 9.37 Å². The normalized spacial score (nSPS) is 15.1. The Morgan fingerprint density at radius 1 is 1.29 bits per heavy atom. The molecule has 5 N–H and O–H groups in total. The second kappa shape index (κ2) is 3.41. The standard InChI is InChI=1S/C10H11FN6/c11-7-8(14-10(13)15-9(7)12)6-3-5(16-17-6)4-1-2-4/h3-4H,1-2H2,(H,16,17)(H4,12,13,14,15). The number of aromatic amines is 1. The van der Waals surface area contributed by atoms with Crippen molar-refractivity contribution in [3.05, 3.63) is 17.6 Å². The fourth-order valence-electron chi connectivity index (χ4n) is 1.71. The Balaban J connectivity index is 2.07. The first-order chi connectivity index (χ1) is 8.15. The van der Waals surface area contributed by atoms with Gasteiger partial charge in [0.25, 0.3) is 0 Å². The lowest BCUT2D eigenvalue weighted by Crippen LogP contribution is -2.05. The summed E-state index contributed by atoms with van der Waals surface area (Å²) in [6.45, 7) is 0. The van der Waals surface area contributed by atoms with Crippen molar-refractivity contribution in [2.45, 2.75) is 18.8 Å². The molecule has 0 aromatic carbocycles. The van der Waals surface area contributed by atoms with Gasteiger partial charge >= 0.3 is 0 Å². The highest BCUT2D eigenvalue weighted by molar-refractivity contribution is 5.61. The van der Waals surface area contributed by atoms with E-state index >= 15 is 0 Å². The van der Waals surface area contributed by atoms with Crippen molar-refractivity contribution in [1.29, 1.82) is 0 Å². The van der Waals surface area contributed by atoms with Crippen LogP contribution in [-0.2, 0) is 0 Å². The van der Waals surface area contributed by atoms with Crippen molar-refractivity contribution >= 4 is 11.8 Å². The summed E-state index contributed by atoms with van der Waals surface area (Å²) >= 11 is 0. The summed E-state index contributed by atoms with van der Waals surface area (Å²) in [5.41, 5.74) is 12.3. The van der Waals surface area contributed by atoms with Crippen LogP contribution in [0.5, 0.6) is 0 Å². The zero-order chi connectivity index (χ0) is 12.0. The van der Waals surface area contributed by atoms with E-state index in [0.29, 0.717) is 11.6 Å². The lowest BCUT2D eigenvalue weighted by atomic mass is 10.2. The number of H-pyrrole nitrogens is 1. The van der Waals surface area contributed by atoms with Crippen LogP contribution in [0.15, 0.2) is 6.07 Å². The Kier molecular flexibility index (Phi) is 2.01. The third-order valence-electron chi connectivity index (χ3n) is 2.75. The summed E-state index contributed by atoms with van der Waals surface area (Å²) in [6, 6.07) is 1.78. The SMILES string of the molecule is Nc1nc(N)c(F)c(-c2cc(C3CC3)[nH]n2)n1. The molecule has 0 aliphatic heterocycles. The second-order valence-corrected chi connectivity index (χ2v) is 4.11. The molecule has 6 nitrogen and oxygen atoms in total. The number of hydrogen-bond donors (Lipinski definition) is 3. The first kappa shape index (κ1) is 10.0. The van der Waals surface area contributed by atoms with Gasteiger partial charge in [-0.05, 0) is 18.9 Å². The van der Waals surface area contributed by atoms with E-state index in [9.17, 15) is 4.39 Å². The zero-order valence-electron chi connectivity index (χ0n) is 8.94. The Morgan fingerprint density at radius 3 is 2.76 bits per heavy atom. The van der Waals surface area contributed by atoms with Gasteiger partial charge in [0.05, 0.1) is 0 Å². The highest BCUT2D eigenvalue weighted by atomic mass is 19.1. The maximum absolute atomic E-state index is 13.7. The Morgan fingerprint density at radius 2 is 2.06 bits per heavy atom. The fraction of sp³-hybridized carbons (Fsp3) is 0.300. The molecule has 1 fully saturated rings. The fourth-order valence-corrected chi connectivity index (χ4v) is 1.71. The van der Waals surface area contributed by atoms with Crippen molar-refractivity contribution in [3.63, 3.8) is 0 Å². The average molecular weight is 234 g/mol. The Bertz CT molecular complexity index is 574. The zero-order valence-corrected chi connectivity index (χ0v) is 8.94. The van der Waals surface area contributed by atoms with Crippen LogP contribution in [0, 0.1) is 5.82 Å². The Hall–Kier alpha value is -2.18. The maximum atomic E-state index is 13.7. The highest BCUT2D eigenvalue weighted by Crippen LogP contribution is 2.40. The second-order valence-electron chi connectivity index (χ2n) is 4.11. The van der Waals surface area contributed by atoms with Crippen LogP contribution in [0.4, 0.5) is 16.2 Å². The summed E-state index contributed by atoms with van der Waals surface area (Å²) in [4.78, 5) is 7.37. The molecule has 0 atom stereocenters. The van der Waals surface area contributed by atoms with E-state index in [4.69, 9.17) is 11.5 Å². The lowest BCUT2D eigenvalue weighted by molar-refractivity contribution is 0.624. The van der Waals surface area contributed by atoms with Gasteiger partial charge in [-0.15, -0.1) is 0 Å². The number of nitrogens with one attached hydrogen (secondary N) is 1. The maximum Gasteiger partial charge on any atom is 0.222 e. The van der Waals surface area contributed by atoms with Gasteiger partial charge in [-0.1, -0.05) is 0 Å². The minimum absolute atomic E-state index is 0.0400. The molecule has 2 heterocycles. The lowest BCUT2D eigenvalue weighted by Gasteiger charge is -2.01. The van der Waals surface area contributed by atoms with Gasteiger partial charge < -0.3 is 11.5 Å². The molecular formula is C10H11FN6. The van der Waals surface area contributed by atoms with Crippen molar-refractivity contribution in [1.82, 2.24) is 20.2 Å². The number of anilines is 2. The van der Waals surface area contributed by atoms with Gasteiger partial charge in [-0.2, -0.15) is 10.1 Å². The van der Waals surface area contributed by atoms with Crippen LogP contribution in [0.2, 0.25) is 0 Å². The van der Waals surface area contributed by atoms with E-state index in [0.717, 1.165) is 18.5 Å². The molecule has 0 saturated heterocycles.